The summed E-state index contributed by atoms with van der Waals surface area (Å²) in [6.07, 6.45) is 9.49. The van der Waals surface area contributed by atoms with E-state index in [0.29, 0.717) is 17.0 Å². The van der Waals surface area contributed by atoms with Crippen LogP contribution >= 0.6 is 0 Å². The number of rotatable bonds is 4. The van der Waals surface area contributed by atoms with Gasteiger partial charge in [-0.15, -0.1) is 0 Å². The quantitative estimate of drug-likeness (QED) is 0.757. The third-order valence-corrected chi connectivity index (χ3v) is 4.35. The van der Waals surface area contributed by atoms with Crippen LogP contribution in [0.15, 0.2) is 30.9 Å². The molecule has 124 valence electrons. The standard InChI is InChI=1S/C16H18N6O2/c1-10-12(9-22-15(20-10)5-6-19-22)16(23)21-13-3-2-4-14(13)24-11-7-17-18-8-11/h5-9,13-14H,2-4H2,1H3,(H,17,18)(H,21,23)/t13-,14+/m0/s1. The molecule has 0 bridgehead atoms. The zero-order valence-corrected chi connectivity index (χ0v) is 13.3. The molecule has 1 amide bonds. The zero-order valence-electron chi connectivity index (χ0n) is 13.3. The average molecular weight is 326 g/mol. The molecule has 0 aromatic carbocycles. The van der Waals surface area contributed by atoms with Crippen LogP contribution in [0.4, 0.5) is 0 Å². The van der Waals surface area contributed by atoms with E-state index in [1.54, 1.807) is 35.4 Å². The van der Waals surface area contributed by atoms with Crippen LogP contribution in [-0.4, -0.2) is 42.8 Å². The van der Waals surface area contributed by atoms with Gasteiger partial charge in [0, 0.05) is 12.3 Å². The van der Waals surface area contributed by atoms with Gasteiger partial charge in [0.25, 0.3) is 5.91 Å². The Labute approximate surface area is 138 Å². The first kappa shape index (κ1) is 14.7. The van der Waals surface area contributed by atoms with Crippen LogP contribution in [-0.2, 0) is 0 Å². The number of H-pyrrole nitrogens is 1. The van der Waals surface area contributed by atoms with Gasteiger partial charge in [-0.25, -0.2) is 9.50 Å². The number of hydrogen-bond acceptors (Lipinski definition) is 5. The fraction of sp³-hybridized carbons (Fsp3) is 0.375. The van der Waals surface area contributed by atoms with Crippen LogP contribution in [0.3, 0.4) is 0 Å². The Balaban J connectivity index is 1.50. The van der Waals surface area contributed by atoms with Gasteiger partial charge in [0.1, 0.15) is 6.10 Å². The number of nitrogens with one attached hydrogen (secondary N) is 2. The third kappa shape index (κ3) is 2.70. The Morgan fingerprint density at radius 2 is 2.38 bits per heavy atom. The number of aromatic amines is 1. The number of aryl methyl sites for hydroxylation is 1. The van der Waals surface area contributed by atoms with Crippen molar-refractivity contribution in [3.8, 4) is 5.75 Å². The molecule has 1 saturated carbocycles. The minimum Gasteiger partial charge on any atom is -0.485 e. The molecule has 3 heterocycles. The topological polar surface area (TPSA) is 97.2 Å². The van der Waals surface area contributed by atoms with E-state index in [4.69, 9.17) is 4.74 Å². The van der Waals surface area contributed by atoms with Crippen molar-refractivity contribution >= 4 is 11.6 Å². The predicted octanol–water partition coefficient (Wildman–Crippen LogP) is 1.49. The monoisotopic (exact) mass is 326 g/mol. The third-order valence-electron chi connectivity index (χ3n) is 4.35. The SMILES string of the molecule is Cc1nc2ccnn2cc1C(=O)N[C@H]1CCC[C@H]1Oc1cn[nH]c1. The first-order valence-corrected chi connectivity index (χ1v) is 7.98. The summed E-state index contributed by atoms with van der Waals surface area (Å²) in [5.74, 6) is 0.544. The minimum absolute atomic E-state index is 0.0277. The van der Waals surface area contributed by atoms with E-state index >= 15 is 0 Å². The summed E-state index contributed by atoms with van der Waals surface area (Å²) >= 11 is 0. The van der Waals surface area contributed by atoms with Crippen molar-refractivity contribution in [2.24, 2.45) is 0 Å². The van der Waals surface area contributed by atoms with Gasteiger partial charge in [0.05, 0.1) is 35.9 Å². The predicted molar refractivity (Wildman–Crippen MR) is 85.8 cm³/mol. The highest BCUT2D eigenvalue weighted by Crippen LogP contribution is 2.24. The van der Waals surface area contributed by atoms with Gasteiger partial charge in [-0.2, -0.15) is 10.2 Å². The molecule has 1 fully saturated rings. The van der Waals surface area contributed by atoms with Crippen molar-refractivity contribution in [1.29, 1.82) is 0 Å². The molecule has 3 aromatic heterocycles. The molecule has 0 aliphatic heterocycles. The normalized spacial score (nSPS) is 20.4. The van der Waals surface area contributed by atoms with Gasteiger partial charge in [-0.05, 0) is 26.2 Å². The van der Waals surface area contributed by atoms with Crippen LogP contribution in [0.1, 0.15) is 35.3 Å². The first-order valence-electron chi connectivity index (χ1n) is 7.98. The van der Waals surface area contributed by atoms with E-state index in [1.807, 2.05) is 6.92 Å². The Morgan fingerprint density at radius 1 is 1.46 bits per heavy atom. The molecule has 8 nitrogen and oxygen atoms in total. The van der Waals surface area contributed by atoms with Crippen molar-refractivity contribution in [2.45, 2.75) is 38.3 Å². The number of amides is 1. The fourth-order valence-electron chi connectivity index (χ4n) is 3.12. The Hall–Kier alpha value is -2.90. The van der Waals surface area contributed by atoms with Crippen LogP contribution in [0.5, 0.6) is 5.75 Å². The van der Waals surface area contributed by atoms with Crippen molar-refractivity contribution in [3.63, 3.8) is 0 Å². The highest BCUT2D eigenvalue weighted by molar-refractivity contribution is 5.95. The lowest BCUT2D eigenvalue weighted by atomic mass is 10.1. The van der Waals surface area contributed by atoms with Gasteiger partial charge in [0.2, 0.25) is 0 Å². The van der Waals surface area contributed by atoms with Gasteiger partial charge in [-0.3, -0.25) is 9.89 Å². The number of fused-ring (bicyclic) bond motifs is 1. The number of hydrogen-bond donors (Lipinski definition) is 2. The zero-order chi connectivity index (χ0) is 16.5. The van der Waals surface area contributed by atoms with Gasteiger partial charge in [-0.1, -0.05) is 0 Å². The Morgan fingerprint density at radius 3 is 3.21 bits per heavy atom. The maximum atomic E-state index is 12.7. The molecule has 24 heavy (non-hydrogen) atoms. The molecular weight excluding hydrogens is 308 g/mol. The van der Waals surface area contributed by atoms with Crippen LogP contribution in [0, 0.1) is 6.92 Å². The molecule has 8 heteroatoms. The lowest BCUT2D eigenvalue weighted by Gasteiger charge is -2.21. The summed E-state index contributed by atoms with van der Waals surface area (Å²) in [5.41, 5.74) is 1.94. The maximum absolute atomic E-state index is 12.7. The first-order chi connectivity index (χ1) is 11.7. The van der Waals surface area contributed by atoms with Crippen LogP contribution < -0.4 is 10.1 Å². The van der Waals surface area contributed by atoms with Gasteiger partial charge < -0.3 is 10.1 Å². The van der Waals surface area contributed by atoms with Crippen molar-refractivity contribution in [1.82, 2.24) is 30.1 Å². The lowest BCUT2D eigenvalue weighted by molar-refractivity contribution is 0.0892. The van der Waals surface area contributed by atoms with Crippen molar-refractivity contribution in [2.75, 3.05) is 0 Å². The van der Waals surface area contributed by atoms with E-state index in [-0.39, 0.29) is 18.1 Å². The smallest absolute Gasteiger partial charge is 0.255 e. The molecule has 1 aliphatic rings. The van der Waals surface area contributed by atoms with E-state index in [9.17, 15) is 4.79 Å². The van der Waals surface area contributed by atoms with Crippen molar-refractivity contribution in [3.05, 3.63) is 42.1 Å². The lowest BCUT2D eigenvalue weighted by Crippen LogP contribution is -2.42. The Kier molecular flexibility index (Phi) is 3.64. The summed E-state index contributed by atoms with van der Waals surface area (Å²) in [6.45, 7) is 1.83. The molecule has 0 saturated heterocycles. The molecular formula is C16H18N6O2. The molecule has 2 N–H and O–H groups in total. The fourth-order valence-corrected chi connectivity index (χ4v) is 3.12. The molecule has 2 atom stereocenters. The second kappa shape index (κ2) is 5.95. The van der Waals surface area contributed by atoms with Gasteiger partial charge >= 0.3 is 0 Å². The van der Waals surface area contributed by atoms with Crippen LogP contribution in [0.25, 0.3) is 5.65 Å². The minimum atomic E-state index is -0.148. The van der Waals surface area contributed by atoms with E-state index in [1.165, 1.54) is 0 Å². The summed E-state index contributed by atoms with van der Waals surface area (Å²) in [6, 6.07) is 1.78. The van der Waals surface area contributed by atoms with Gasteiger partial charge in [0.15, 0.2) is 11.4 Å². The van der Waals surface area contributed by atoms with Crippen molar-refractivity contribution < 1.29 is 9.53 Å². The summed E-state index contributed by atoms with van der Waals surface area (Å²) in [5, 5.41) is 13.8. The number of carbonyl (C=O) groups excluding carboxylic acids is 1. The highest BCUT2D eigenvalue weighted by atomic mass is 16.5. The summed E-state index contributed by atoms with van der Waals surface area (Å²) in [4.78, 5) is 17.1. The molecule has 1 aliphatic carbocycles. The highest BCUT2D eigenvalue weighted by Gasteiger charge is 2.31. The second-order valence-corrected chi connectivity index (χ2v) is 5.98. The average Bonchev–Trinajstić information content (AvgIpc) is 3.29. The summed E-state index contributed by atoms with van der Waals surface area (Å²) in [7, 11) is 0. The largest absolute Gasteiger partial charge is 0.485 e. The number of carbonyl (C=O) groups is 1. The van der Waals surface area contributed by atoms with E-state index < -0.39 is 0 Å². The number of aromatic nitrogens is 5. The number of nitrogens with zero attached hydrogens (tertiary/aromatic N) is 4. The maximum Gasteiger partial charge on any atom is 0.255 e. The molecule has 4 rings (SSSR count). The van der Waals surface area contributed by atoms with E-state index in [2.05, 4.69) is 25.6 Å². The molecule has 0 radical (unpaired) electrons. The number of ether oxygens (including phenoxy) is 1. The summed E-state index contributed by atoms with van der Waals surface area (Å²) < 4.78 is 7.52. The molecule has 0 unspecified atom stereocenters. The van der Waals surface area contributed by atoms with Crippen LogP contribution in [0.2, 0.25) is 0 Å². The Bertz CT molecular complexity index is 857. The second-order valence-electron chi connectivity index (χ2n) is 5.98. The molecule has 3 aromatic rings. The molecule has 0 spiro atoms. The van der Waals surface area contributed by atoms with E-state index in [0.717, 1.165) is 24.9 Å².